The molecule has 0 bridgehead atoms. The fraction of sp³-hybridized carbons (Fsp3) is 0.0667. The topological polar surface area (TPSA) is 52.9 Å². The number of nitrogens with one attached hydrogen (secondary N) is 1. The Bertz CT molecular complexity index is 629. The molecule has 1 amide bonds. The molecule has 0 aliphatic carbocycles. The van der Waals surface area contributed by atoms with Crippen LogP contribution in [0, 0.1) is 11.3 Å². The van der Waals surface area contributed by atoms with Gasteiger partial charge in [0.15, 0.2) is 0 Å². The van der Waals surface area contributed by atoms with Gasteiger partial charge in [-0.3, -0.25) is 4.79 Å². The molecule has 2 aromatic carbocycles. The number of amides is 1. The lowest BCUT2D eigenvalue weighted by molar-refractivity contribution is 0.102. The monoisotopic (exact) mass is 362 g/mol. The van der Waals surface area contributed by atoms with Gasteiger partial charge in [-0.25, -0.2) is 0 Å². The van der Waals surface area contributed by atoms with Crippen molar-refractivity contribution >= 4 is 34.2 Å². The molecular weight excluding hydrogens is 351 g/mol. The van der Waals surface area contributed by atoms with Crippen LogP contribution in [0.25, 0.3) is 0 Å². The molecule has 0 radical (unpaired) electrons. The fourth-order valence-electron chi connectivity index (χ4n) is 1.61. The van der Waals surface area contributed by atoms with Crippen molar-refractivity contribution in [1.29, 1.82) is 5.26 Å². The van der Waals surface area contributed by atoms with Crippen molar-refractivity contribution in [2.45, 2.75) is 4.43 Å². The quantitative estimate of drug-likeness (QED) is 0.668. The van der Waals surface area contributed by atoms with E-state index in [0.717, 1.165) is 4.43 Å². The third kappa shape index (κ3) is 3.55. The zero-order valence-electron chi connectivity index (χ0n) is 10.1. The van der Waals surface area contributed by atoms with E-state index in [1.807, 2.05) is 18.2 Å². The van der Waals surface area contributed by atoms with E-state index >= 15 is 0 Å². The van der Waals surface area contributed by atoms with E-state index in [-0.39, 0.29) is 5.91 Å². The van der Waals surface area contributed by atoms with E-state index in [2.05, 4.69) is 27.9 Å². The number of hydrogen-bond acceptors (Lipinski definition) is 2. The molecule has 0 saturated carbocycles. The van der Waals surface area contributed by atoms with Crippen LogP contribution in [0.15, 0.2) is 48.5 Å². The van der Waals surface area contributed by atoms with Crippen molar-refractivity contribution in [3.8, 4) is 6.07 Å². The maximum absolute atomic E-state index is 12.0. The molecule has 0 spiro atoms. The van der Waals surface area contributed by atoms with Crippen LogP contribution < -0.4 is 5.32 Å². The molecule has 0 atom stereocenters. The minimum absolute atomic E-state index is 0.171. The number of hydrogen-bond donors (Lipinski definition) is 1. The molecule has 4 heteroatoms. The summed E-state index contributed by atoms with van der Waals surface area (Å²) in [5, 5.41) is 11.6. The highest BCUT2D eigenvalue weighted by atomic mass is 127. The Labute approximate surface area is 125 Å². The first kappa shape index (κ1) is 13.6. The highest BCUT2D eigenvalue weighted by Crippen LogP contribution is 2.13. The Kier molecular flexibility index (Phi) is 4.53. The first-order valence-electron chi connectivity index (χ1n) is 5.69. The van der Waals surface area contributed by atoms with Crippen LogP contribution in [-0.2, 0) is 4.43 Å². The molecule has 2 rings (SSSR count). The molecule has 0 fully saturated rings. The zero-order chi connectivity index (χ0) is 13.7. The first-order valence-corrected chi connectivity index (χ1v) is 7.22. The molecule has 3 nitrogen and oxygen atoms in total. The number of anilines is 1. The van der Waals surface area contributed by atoms with Gasteiger partial charge in [-0.05, 0) is 35.9 Å². The number of nitriles is 1. The number of halogens is 1. The third-order valence-electron chi connectivity index (χ3n) is 2.62. The Morgan fingerprint density at radius 2 is 1.95 bits per heavy atom. The van der Waals surface area contributed by atoms with Crippen LogP contribution in [-0.4, -0.2) is 5.91 Å². The summed E-state index contributed by atoms with van der Waals surface area (Å²) in [5.74, 6) is -0.171. The van der Waals surface area contributed by atoms with Gasteiger partial charge in [0.25, 0.3) is 5.91 Å². The molecule has 1 N–H and O–H groups in total. The van der Waals surface area contributed by atoms with Gasteiger partial charge >= 0.3 is 0 Å². The van der Waals surface area contributed by atoms with Crippen molar-refractivity contribution in [3.05, 3.63) is 65.2 Å². The summed E-state index contributed by atoms with van der Waals surface area (Å²) < 4.78 is 0.921. The van der Waals surface area contributed by atoms with Gasteiger partial charge in [0.05, 0.1) is 11.6 Å². The second-order valence-electron chi connectivity index (χ2n) is 3.98. The Hall–Kier alpha value is -1.87. The highest BCUT2D eigenvalue weighted by Gasteiger charge is 2.06. The average molecular weight is 362 g/mol. The van der Waals surface area contributed by atoms with E-state index in [1.165, 1.54) is 5.56 Å². The van der Waals surface area contributed by atoms with Crippen LogP contribution >= 0.6 is 22.6 Å². The normalized spacial score (nSPS) is 9.68. The molecule has 94 valence electrons. The van der Waals surface area contributed by atoms with E-state index in [9.17, 15) is 4.79 Å². The highest BCUT2D eigenvalue weighted by molar-refractivity contribution is 14.1. The van der Waals surface area contributed by atoms with Crippen LogP contribution in [0.2, 0.25) is 0 Å². The third-order valence-corrected chi connectivity index (χ3v) is 3.50. The van der Waals surface area contributed by atoms with E-state index < -0.39 is 0 Å². The lowest BCUT2D eigenvalue weighted by Crippen LogP contribution is -2.11. The molecule has 0 unspecified atom stereocenters. The molecular formula is C15H11IN2O. The summed E-state index contributed by atoms with van der Waals surface area (Å²) in [5.41, 5.74) is 2.94. The summed E-state index contributed by atoms with van der Waals surface area (Å²) in [6, 6.07) is 16.4. The van der Waals surface area contributed by atoms with E-state index in [1.54, 1.807) is 36.4 Å². The number of carbonyl (C=O) groups excluding carboxylic acids is 1. The van der Waals surface area contributed by atoms with Crippen LogP contribution in [0.5, 0.6) is 0 Å². The SMILES string of the molecule is N#Cc1cccc(NC(=O)c2ccc(CI)cc2)c1. The number of alkyl halides is 1. The van der Waals surface area contributed by atoms with Crippen molar-refractivity contribution in [2.75, 3.05) is 5.32 Å². The number of carbonyl (C=O) groups is 1. The van der Waals surface area contributed by atoms with Crippen molar-refractivity contribution in [1.82, 2.24) is 0 Å². The zero-order valence-corrected chi connectivity index (χ0v) is 12.2. The van der Waals surface area contributed by atoms with Crippen LogP contribution in [0.3, 0.4) is 0 Å². The summed E-state index contributed by atoms with van der Waals surface area (Å²) in [7, 11) is 0. The van der Waals surface area contributed by atoms with Gasteiger partial charge in [-0.2, -0.15) is 5.26 Å². The molecule has 0 aromatic heterocycles. The van der Waals surface area contributed by atoms with Gasteiger partial charge in [0.1, 0.15) is 0 Å². The number of nitrogens with zero attached hydrogens (tertiary/aromatic N) is 1. The lowest BCUT2D eigenvalue weighted by atomic mass is 10.1. The minimum atomic E-state index is -0.171. The summed E-state index contributed by atoms with van der Waals surface area (Å²) >= 11 is 2.28. The summed E-state index contributed by atoms with van der Waals surface area (Å²) in [4.78, 5) is 12.0. The van der Waals surface area contributed by atoms with Gasteiger partial charge in [0, 0.05) is 15.7 Å². The van der Waals surface area contributed by atoms with Gasteiger partial charge < -0.3 is 5.32 Å². The fourth-order valence-corrected chi connectivity index (χ4v) is 2.12. The molecule has 0 aliphatic rings. The average Bonchev–Trinajstić information content (AvgIpc) is 2.47. The van der Waals surface area contributed by atoms with Crippen LogP contribution in [0.4, 0.5) is 5.69 Å². The van der Waals surface area contributed by atoms with Gasteiger partial charge in [0.2, 0.25) is 0 Å². The van der Waals surface area contributed by atoms with E-state index in [0.29, 0.717) is 16.8 Å². The lowest BCUT2D eigenvalue weighted by Gasteiger charge is -2.06. The second-order valence-corrected chi connectivity index (χ2v) is 4.74. The Balaban J connectivity index is 2.13. The molecule has 2 aromatic rings. The maximum Gasteiger partial charge on any atom is 0.255 e. The van der Waals surface area contributed by atoms with Crippen molar-refractivity contribution in [3.63, 3.8) is 0 Å². The molecule has 0 aliphatic heterocycles. The van der Waals surface area contributed by atoms with E-state index in [4.69, 9.17) is 5.26 Å². The van der Waals surface area contributed by atoms with Crippen molar-refractivity contribution < 1.29 is 4.79 Å². The maximum atomic E-state index is 12.0. The minimum Gasteiger partial charge on any atom is -0.322 e. The molecule has 0 heterocycles. The number of rotatable bonds is 3. The predicted molar refractivity (Wildman–Crippen MR) is 83.3 cm³/mol. The van der Waals surface area contributed by atoms with Gasteiger partial charge in [-0.15, -0.1) is 0 Å². The van der Waals surface area contributed by atoms with Crippen LogP contribution in [0.1, 0.15) is 21.5 Å². The summed E-state index contributed by atoms with van der Waals surface area (Å²) in [6.45, 7) is 0. The predicted octanol–water partition coefficient (Wildman–Crippen LogP) is 3.75. The standard InChI is InChI=1S/C15H11IN2O/c16-9-11-4-6-13(7-5-11)15(19)18-14-3-1-2-12(8-14)10-17/h1-8H,9H2,(H,18,19). The molecule has 0 saturated heterocycles. The second kappa shape index (κ2) is 6.34. The molecule has 19 heavy (non-hydrogen) atoms. The van der Waals surface area contributed by atoms with Gasteiger partial charge in [-0.1, -0.05) is 40.8 Å². The largest absolute Gasteiger partial charge is 0.322 e. The number of benzene rings is 2. The first-order chi connectivity index (χ1) is 9.22. The smallest absolute Gasteiger partial charge is 0.255 e. The van der Waals surface area contributed by atoms with Crippen molar-refractivity contribution in [2.24, 2.45) is 0 Å². The Morgan fingerprint density at radius 3 is 2.58 bits per heavy atom. The Morgan fingerprint density at radius 1 is 1.21 bits per heavy atom. The summed E-state index contributed by atoms with van der Waals surface area (Å²) in [6.07, 6.45) is 0.